The van der Waals surface area contributed by atoms with Gasteiger partial charge in [0.05, 0.1) is 11.8 Å². The predicted octanol–water partition coefficient (Wildman–Crippen LogP) is 0.866. The molecule has 90 valence electrons. The molecule has 0 amide bonds. The fourth-order valence-corrected chi connectivity index (χ4v) is 1.97. The van der Waals surface area contributed by atoms with Crippen molar-refractivity contribution in [3.8, 4) is 11.4 Å². The number of hydrogen-bond donors (Lipinski definition) is 2. The van der Waals surface area contributed by atoms with Gasteiger partial charge < -0.3 is 5.11 Å². The molecule has 0 fully saturated rings. The Hall–Kier alpha value is -2.48. The second-order valence-corrected chi connectivity index (χ2v) is 3.79. The third-order valence-corrected chi connectivity index (χ3v) is 2.80. The van der Waals surface area contributed by atoms with Gasteiger partial charge in [0, 0.05) is 0 Å². The first-order valence-electron chi connectivity index (χ1n) is 4.82. The predicted molar refractivity (Wildman–Crippen MR) is 60.3 cm³/mol. The third kappa shape index (κ3) is 1.43. The van der Waals surface area contributed by atoms with E-state index in [0.717, 1.165) is 0 Å². The molecule has 0 aromatic carbocycles. The van der Waals surface area contributed by atoms with Crippen LogP contribution in [0.15, 0.2) is 18.3 Å². The van der Waals surface area contributed by atoms with Crippen molar-refractivity contribution in [2.45, 2.75) is 0 Å². The summed E-state index contributed by atoms with van der Waals surface area (Å²) in [5.41, 5.74) is 0.910. The van der Waals surface area contributed by atoms with Crippen molar-refractivity contribution < 1.29 is 9.90 Å². The minimum Gasteiger partial charge on any atom is -0.477 e. The van der Waals surface area contributed by atoms with Gasteiger partial charge in [-0.3, -0.25) is 4.40 Å². The highest BCUT2D eigenvalue weighted by molar-refractivity contribution is 6.32. The summed E-state index contributed by atoms with van der Waals surface area (Å²) in [6.45, 7) is 0. The largest absolute Gasteiger partial charge is 0.477 e. The van der Waals surface area contributed by atoms with Gasteiger partial charge in [0.15, 0.2) is 11.5 Å². The van der Waals surface area contributed by atoms with E-state index in [4.69, 9.17) is 16.7 Å². The molecule has 3 rings (SSSR count). The standard InChI is InChI=1S/C9H5ClN6O2/c10-7-4(8-12-14-15-13-8)1-2-6-11-3-5(9(17)18)16(6)7/h1-3H,(H,17,18)(H,12,13,14,15). The lowest BCUT2D eigenvalue weighted by Crippen LogP contribution is -2.03. The van der Waals surface area contributed by atoms with Gasteiger partial charge in [0.1, 0.15) is 10.8 Å². The van der Waals surface area contributed by atoms with Crippen LogP contribution in [0, 0.1) is 0 Å². The average molecular weight is 265 g/mol. The zero-order chi connectivity index (χ0) is 12.7. The molecule has 2 N–H and O–H groups in total. The molecule has 0 radical (unpaired) electrons. The Balaban J connectivity index is 2.34. The summed E-state index contributed by atoms with van der Waals surface area (Å²) in [7, 11) is 0. The topological polar surface area (TPSA) is 109 Å². The van der Waals surface area contributed by atoms with E-state index in [2.05, 4.69) is 25.6 Å². The summed E-state index contributed by atoms with van der Waals surface area (Å²) in [5.74, 6) is -0.760. The van der Waals surface area contributed by atoms with Crippen molar-refractivity contribution in [1.82, 2.24) is 30.0 Å². The summed E-state index contributed by atoms with van der Waals surface area (Å²) in [4.78, 5) is 15.0. The molecule has 0 spiro atoms. The van der Waals surface area contributed by atoms with Gasteiger partial charge >= 0.3 is 5.97 Å². The number of aromatic nitrogens is 6. The van der Waals surface area contributed by atoms with Gasteiger partial charge in [-0.15, -0.1) is 5.10 Å². The molecule has 3 heterocycles. The highest BCUT2D eigenvalue weighted by Crippen LogP contribution is 2.26. The monoisotopic (exact) mass is 264 g/mol. The number of imidazole rings is 1. The van der Waals surface area contributed by atoms with E-state index >= 15 is 0 Å². The van der Waals surface area contributed by atoms with E-state index in [1.54, 1.807) is 12.1 Å². The van der Waals surface area contributed by atoms with Crippen LogP contribution in [0.1, 0.15) is 10.5 Å². The summed E-state index contributed by atoms with van der Waals surface area (Å²) in [6, 6.07) is 3.30. The average Bonchev–Trinajstić information content (AvgIpc) is 2.97. The fraction of sp³-hybridized carbons (Fsp3) is 0. The van der Waals surface area contributed by atoms with Gasteiger partial charge in [0.25, 0.3) is 0 Å². The van der Waals surface area contributed by atoms with Gasteiger partial charge in [0.2, 0.25) is 0 Å². The maximum Gasteiger partial charge on any atom is 0.354 e. The van der Waals surface area contributed by atoms with E-state index in [9.17, 15) is 4.79 Å². The number of rotatable bonds is 2. The molecule has 0 bridgehead atoms. The van der Waals surface area contributed by atoms with Crippen LogP contribution in [0.4, 0.5) is 0 Å². The second-order valence-electron chi connectivity index (χ2n) is 3.43. The molecule has 3 aromatic heterocycles. The number of H-pyrrole nitrogens is 1. The van der Waals surface area contributed by atoms with Crippen molar-refractivity contribution >= 4 is 23.2 Å². The van der Waals surface area contributed by atoms with Crippen molar-refractivity contribution in [1.29, 1.82) is 0 Å². The third-order valence-electron chi connectivity index (χ3n) is 2.43. The Morgan fingerprint density at radius 3 is 2.94 bits per heavy atom. The quantitative estimate of drug-likeness (QED) is 0.665. The first-order chi connectivity index (χ1) is 8.68. The first-order valence-corrected chi connectivity index (χ1v) is 5.19. The number of carboxylic acids is 1. The van der Waals surface area contributed by atoms with E-state index in [1.165, 1.54) is 10.6 Å². The molecule has 3 aromatic rings. The lowest BCUT2D eigenvalue weighted by Gasteiger charge is -2.04. The maximum absolute atomic E-state index is 11.1. The Morgan fingerprint density at radius 2 is 2.28 bits per heavy atom. The molecule has 18 heavy (non-hydrogen) atoms. The van der Waals surface area contributed by atoms with Crippen molar-refractivity contribution in [3.05, 3.63) is 29.2 Å². The molecule has 0 saturated heterocycles. The Morgan fingerprint density at radius 1 is 1.44 bits per heavy atom. The molecule has 0 aliphatic carbocycles. The smallest absolute Gasteiger partial charge is 0.354 e. The summed E-state index contributed by atoms with van der Waals surface area (Å²) >= 11 is 6.17. The number of nitrogens with zero attached hydrogens (tertiary/aromatic N) is 5. The fourth-order valence-electron chi connectivity index (χ4n) is 1.64. The molecular formula is C9H5ClN6O2. The number of halogens is 1. The minimum absolute atomic E-state index is 0.0238. The number of hydrogen-bond acceptors (Lipinski definition) is 5. The zero-order valence-corrected chi connectivity index (χ0v) is 9.46. The Kier molecular flexibility index (Phi) is 2.23. The molecule has 8 nitrogen and oxygen atoms in total. The van der Waals surface area contributed by atoms with Crippen LogP contribution in [0.5, 0.6) is 0 Å². The molecule has 9 heteroatoms. The lowest BCUT2D eigenvalue weighted by molar-refractivity contribution is 0.0689. The molecule has 0 atom stereocenters. The molecule has 0 unspecified atom stereocenters. The number of aromatic carboxylic acids is 1. The van der Waals surface area contributed by atoms with Crippen molar-refractivity contribution in [3.63, 3.8) is 0 Å². The van der Waals surface area contributed by atoms with Crippen LogP contribution in [-0.4, -0.2) is 41.1 Å². The van der Waals surface area contributed by atoms with E-state index < -0.39 is 5.97 Å². The Labute approximate surface area is 104 Å². The molecule has 0 saturated carbocycles. The summed E-state index contributed by atoms with van der Waals surface area (Å²) < 4.78 is 1.32. The number of carbonyl (C=O) groups is 1. The van der Waals surface area contributed by atoms with Gasteiger partial charge in [-0.2, -0.15) is 0 Å². The van der Waals surface area contributed by atoms with E-state index in [-0.39, 0.29) is 10.8 Å². The van der Waals surface area contributed by atoms with Gasteiger partial charge in [-0.1, -0.05) is 11.6 Å². The van der Waals surface area contributed by atoms with Crippen LogP contribution in [0.2, 0.25) is 5.15 Å². The summed E-state index contributed by atoms with van der Waals surface area (Å²) in [6.07, 6.45) is 1.24. The number of tetrazole rings is 1. The number of aromatic amines is 1. The molecule has 0 aliphatic heterocycles. The first kappa shape index (κ1) is 10.7. The van der Waals surface area contributed by atoms with Crippen LogP contribution >= 0.6 is 11.6 Å². The normalized spacial score (nSPS) is 10.9. The number of pyridine rings is 1. The Bertz CT molecular complexity index is 735. The van der Waals surface area contributed by atoms with Crippen LogP contribution < -0.4 is 0 Å². The van der Waals surface area contributed by atoms with Crippen molar-refractivity contribution in [2.75, 3.05) is 0 Å². The highest BCUT2D eigenvalue weighted by atomic mass is 35.5. The highest BCUT2D eigenvalue weighted by Gasteiger charge is 2.17. The number of nitrogens with one attached hydrogen (secondary N) is 1. The number of fused-ring (bicyclic) bond motifs is 1. The minimum atomic E-state index is -1.11. The van der Waals surface area contributed by atoms with Gasteiger partial charge in [-0.25, -0.2) is 14.9 Å². The lowest BCUT2D eigenvalue weighted by atomic mass is 10.2. The zero-order valence-electron chi connectivity index (χ0n) is 8.70. The second kappa shape index (κ2) is 3.77. The van der Waals surface area contributed by atoms with Crippen LogP contribution in [0.3, 0.4) is 0 Å². The van der Waals surface area contributed by atoms with Crippen molar-refractivity contribution in [2.24, 2.45) is 0 Å². The van der Waals surface area contributed by atoms with Gasteiger partial charge in [-0.05, 0) is 22.6 Å². The SMILES string of the molecule is O=C(O)c1cnc2ccc(-c3nnn[nH]3)c(Cl)n12. The molecular weight excluding hydrogens is 260 g/mol. The summed E-state index contributed by atoms with van der Waals surface area (Å²) in [5, 5.41) is 22.4. The van der Waals surface area contributed by atoms with E-state index in [1.807, 2.05) is 0 Å². The van der Waals surface area contributed by atoms with E-state index in [0.29, 0.717) is 17.0 Å². The number of carboxylic acid groups (broad SMARTS) is 1. The molecule has 0 aliphatic rings. The van der Waals surface area contributed by atoms with Crippen LogP contribution in [0.25, 0.3) is 17.0 Å². The maximum atomic E-state index is 11.1. The van der Waals surface area contributed by atoms with Crippen LogP contribution in [-0.2, 0) is 0 Å².